The average Bonchev–Trinajstić information content (AvgIpc) is 2.50. The van der Waals surface area contributed by atoms with E-state index in [2.05, 4.69) is 17.6 Å². The third-order valence-corrected chi connectivity index (χ3v) is 2.73. The summed E-state index contributed by atoms with van der Waals surface area (Å²) < 4.78 is 23.8. The number of nitrogens with one attached hydrogen (secondary N) is 2. The van der Waals surface area contributed by atoms with Crippen molar-refractivity contribution in [1.82, 2.24) is 5.32 Å². The minimum absolute atomic E-state index is 0.159. The Bertz CT molecular complexity index is 440. The number of hydrogen-bond donors (Lipinski definition) is 2. The third kappa shape index (κ3) is 8.25. The molecule has 106 valence electrons. The van der Waals surface area contributed by atoms with Crippen LogP contribution in [0.15, 0.2) is 30.3 Å². The number of unbranched alkanes of at least 4 members (excludes halogenated alkanes) is 3. The molecule has 0 heterocycles. The van der Waals surface area contributed by atoms with Crippen molar-refractivity contribution in [3.63, 3.8) is 0 Å². The molecule has 2 N–H and O–H groups in total. The maximum Gasteiger partial charge on any atom is 0.319 e. The zero-order valence-corrected chi connectivity index (χ0v) is 11.6. The molecule has 0 spiro atoms. The van der Waals surface area contributed by atoms with E-state index in [1.165, 1.54) is 0 Å². The second-order valence-electron chi connectivity index (χ2n) is 4.43. The van der Waals surface area contributed by atoms with Crippen molar-refractivity contribution in [2.24, 2.45) is 0 Å². The molecule has 0 saturated heterocycles. The summed E-state index contributed by atoms with van der Waals surface area (Å²) in [5.74, 6) is 0. The number of carbonyl (C=O) groups excluding carboxylic acids is 1. The highest BCUT2D eigenvalue weighted by molar-refractivity contribution is 5.89. The fourth-order valence-corrected chi connectivity index (χ4v) is 1.68. The van der Waals surface area contributed by atoms with Gasteiger partial charge >= 0.3 is 6.03 Å². The molecule has 0 aliphatic rings. The Morgan fingerprint density at radius 3 is 2.63 bits per heavy atom. The van der Waals surface area contributed by atoms with Crippen molar-refractivity contribution in [2.45, 2.75) is 51.8 Å². The molecule has 0 fully saturated rings. The first-order valence-electron chi connectivity index (χ1n) is 8.55. The molecule has 0 aromatic heterocycles. The summed E-state index contributed by atoms with van der Waals surface area (Å²) in [7, 11) is 0. The molecule has 1 atom stereocenters. The number of rotatable bonds is 9. The Morgan fingerprint density at radius 2 is 1.89 bits per heavy atom. The summed E-state index contributed by atoms with van der Waals surface area (Å²) in [6.45, 7) is 1.96. The van der Waals surface area contributed by atoms with Crippen LogP contribution in [-0.2, 0) is 0 Å². The van der Waals surface area contributed by atoms with Crippen LogP contribution < -0.4 is 10.6 Å². The first-order valence-corrected chi connectivity index (χ1v) is 6.98. The van der Waals surface area contributed by atoms with Gasteiger partial charge in [0, 0.05) is 16.3 Å². The number of amides is 2. The third-order valence-electron chi connectivity index (χ3n) is 2.73. The summed E-state index contributed by atoms with van der Waals surface area (Å²) >= 11 is 0. The van der Waals surface area contributed by atoms with Gasteiger partial charge in [0.15, 0.2) is 0 Å². The van der Waals surface area contributed by atoms with Crippen LogP contribution in [0.25, 0.3) is 0 Å². The van der Waals surface area contributed by atoms with Gasteiger partial charge < -0.3 is 10.6 Å². The first kappa shape index (κ1) is 11.3. The average molecular weight is 265 g/mol. The van der Waals surface area contributed by atoms with E-state index in [0.717, 1.165) is 25.7 Å². The van der Waals surface area contributed by atoms with E-state index in [9.17, 15) is 4.79 Å². The number of benzene rings is 1. The molecule has 3 nitrogen and oxygen atoms in total. The lowest BCUT2D eigenvalue weighted by Crippen LogP contribution is -2.29. The number of para-hydroxylation sites is 1. The molecule has 1 aromatic carbocycles. The van der Waals surface area contributed by atoms with Gasteiger partial charge in [-0.25, -0.2) is 4.79 Å². The molecule has 19 heavy (non-hydrogen) atoms. The van der Waals surface area contributed by atoms with Crippen molar-refractivity contribution >= 4 is 11.7 Å². The van der Waals surface area contributed by atoms with E-state index in [1.54, 1.807) is 12.1 Å². The molecule has 0 aliphatic carbocycles. The summed E-state index contributed by atoms with van der Waals surface area (Å²) in [6.07, 6.45) is 2.11. The van der Waals surface area contributed by atoms with Crippen LogP contribution in [-0.4, -0.2) is 12.6 Å². The summed E-state index contributed by atoms with van der Waals surface area (Å²) in [5.41, 5.74) is 0.655. The van der Waals surface area contributed by atoms with E-state index >= 15 is 0 Å². The van der Waals surface area contributed by atoms with E-state index in [1.807, 2.05) is 18.2 Å². The lowest BCUT2D eigenvalue weighted by molar-refractivity contribution is 0.252. The fraction of sp³-hybridized carbons (Fsp3) is 0.562. The fourth-order valence-electron chi connectivity index (χ4n) is 1.68. The monoisotopic (exact) mass is 265 g/mol. The van der Waals surface area contributed by atoms with Crippen molar-refractivity contribution in [3.8, 4) is 0 Å². The van der Waals surface area contributed by atoms with E-state index < -0.39 is 18.8 Å². The molecule has 0 radical (unpaired) electrons. The van der Waals surface area contributed by atoms with Crippen LogP contribution in [0.3, 0.4) is 0 Å². The van der Waals surface area contributed by atoms with Gasteiger partial charge in [-0.15, -0.1) is 0 Å². The normalized spacial score (nSPS) is 14.9. The highest BCUT2D eigenvalue weighted by atomic mass is 16.2. The second kappa shape index (κ2) is 10.4. The van der Waals surface area contributed by atoms with E-state index in [-0.39, 0.29) is 6.54 Å². The van der Waals surface area contributed by atoms with Gasteiger partial charge in [-0.1, -0.05) is 63.6 Å². The van der Waals surface area contributed by atoms with Gasteiger partial charge in [0.2, 0.25) is 0 Å². The first-order chi connectivity index (χ1) is 10.5. The number of anilines is 1. The SMILES string of the molecule is [2H]C(CCCCCC)C([2H])([2H])CNC(=O)Nc1ccccc1. The maximum absolute atomic E-state index is 11.7. The molecule has 1 rings (SSSR count). The van der Waals surface area contributed by atoms with Gasteiger partial charge in [-0.2, -0.15) is 0 Å². The minimum atomic E-state index is -1.72. The molecule has 0 bridgehead atoms. The Balaban J connectivity index is 2.32. The topological polar surface area (TPSA) is 41.1 Å². The highest BCUT2D eigenvalue weighted by Gasteiger charge is 1.99. The van der Waals surface area contributed by atoms with E-state index in [0.29, 0.717) is 12.1 Å². The van der Waals surface area contributed by atoms with E-state index in [4.69, 9.17) is 4.11 Å². The van der Waals surface area contributed by atoms with Crippen molar-refractivity contribution in [1.29, 1.82) is 0 Å². The van der Waals surface area contributed by atoms with Crippen molar-refractivity contribution in [3.05, 3.63) is 30.3 Å². The standard InChI is InChI=1S/C16H26N2O/c1-2-3-4-5-6-7-11-14-17-16(19)18-15-12-9-8-10-13-15/h8-10,12-13H,2-7,11,14H2,1H3,(H2,17,18,19)/i7D,11D2. The summed E-state index contributed by atoms with van der Waals surface area (Å²) in [4.78, 5) is 11.7. The predicted octanol–water partition coefficient (Wildman–Crippen LogP) is 4.56. The highest BCUT2D eigenvalue weighted by Crippen LogP contribution is 2.06. The van der Waals surface area contributed by atoms with Crippen LogP contribution in [0.2, 0.25) is 0 Å². The number of urea groups is 1. The van der Waals surface area contributed by atoms with Crippen LogP contribution in [0.4, 0.5) is 10.5 Å². The predicted molar refractivity (Wildman–Crippen MR) is 81.5 cm³/mol. The zero-order chi connectivity index (χ0) is 16.4. The lowest BCUT2D eigenvalue weighted by Gasteiger charge is -2.07. The van der Waals surface area contributed by atoms with Crippen LogP contribution >= 0.6 is 0 Å². The molecular formula is C16H26N2O. The van der Waals surface area contributed by atoms with Crippen LogP contribution in [0, 0.1) is 0 Å². The largest absolute Gasteiger partial charge is 0.338 e. The molecule has 1 aromatic rings. The lowest BCUT2D eigenvalue weighted by atomic mass is 10.1. The van der Waals surface area contributed by atoms with Gasteiger partial charge in [-0.05, 0) is 18.5 Å². The molecule has 0 saturated carbocycles. The Morgan fingerprint density at radius 1 is 1.16 bits per heavy atom. The quantitative estimate of drug-likeness (QED) is 0.631. The van der Waals surface area contributed by atoms with Crippen molar-refractivity contribution < 1.29 is 8.91 Å². The molecule has 0 aliphatic heterocycles. The Labute approximate surface area is 121 Å². The Hall–Kier alpha value is -1.51. The molecular weight excluding hydrogens is 236 g/mol. The number of hydrogen-bond acceptors (Lipinski definition) is 1. The minimum Gasteiger partial charge on any atom is -0.338 e. The zero-order valence-electron chi connectivity index (χ0n) is 14.6. The van der Waals surface area contributed by atoms with Crippen LogP contribution in [0.5, 0.6) is 0 Å². The Kier molecular flexibility index (Phi) is 6.21. The molecule has 2 amide bonds. The maximum atomic E-state index is 11.7. The second-order valence-corrected chi connectivity index (χ2v) is 4.43. The molecule has 1 unspecified atom stereocenters. The smallest absolute Gasteiger partial charge is 0.319 e. The van der Waals surface area contributed by atoms with Gasteiger partial charge in [0.25, 0.3) is 0 Å². The van der Waals surface area contributed by atoms with Gasteiger partial charge in [0.05, 0.1) is 0 Å². The van der Waals surface area contributed by atoms with Gasteiger partial charge in [0.1, 0.15) is 0 Å². The molecule has 3 heteroatoms. The summed E-state index contributed by atoms with van der Waals surface area (Å²) in [5, 5.41) is 5.14. The summed E-state index contributed by atoms with van der Waals surface area (Å²) in [6, 6.07) is 8.54. The van der Waals surface area contributed by atoms with Crippen molar-refractivity contribution in [2.75, 3.05) is 11.9 Å². The van der Waals surface area contributed by atoms with Crippen LogP contribution in [0.1, 0.15) is 55.9 Å². The number of carbonyl (C=O) groups is 1. The van der Waals surface area contributed by atoms with Gasteiger partial charge in [-0.3, -0.25) is 0 Å².